The number of halogens is 3. The molecule has 16 nitrogen and oxygen atoms in total. The Morgan fingerprint density at radius 1 is 0.370 bits per heavy atom. The summed E-state index contributed by atoms with van der Waals surface area (Å²) in [5.74, 6) is 7.85. The van der Waals surface area contributed by atoms with Crippen molar-refractivity contribution in [2.75, 3.05) is 0 Å². The molecule has 664 valence electrons. The number of hydrogen-bond donors (Lipinski definition) is 2. The maximum absolute atomic E-state index is 12.9. The van der Waals surface area contributed by atoms with Gasteiger partial charge in [-0.3, -0.25) is 4.79 Å². The molecule has 10 unspecified atom stereocenters. The number of fused-ring (bicyclic) bond motifs is 21. The topological polar surface area (TPSA) is 204 Å². The largest absolute Gasteiger partial charge is 0.529 e. The normalized spacial score (nSPS) is 14.3. The minimum Gasteiger partial charge on any atom is -0.458 e. The maximum atomic E-state index is 12.9. The van der Waals surface area contributed by atoms with Crippen molar-refractivity contribution in [3.63, 3.8) is 0 Å². The molecule has 3 aliphatic heterocycles. The molecule has 8 heterocycles. The van der Waals surface area contributed by atoms with Gasteiger partial charge in [-0.25, -0.2) is 19.9 Å². The Kier molecular flexibility index (Phi) is 28.4. The third-order valence-electron chi connectivity index (χ3n) is 22.8. The molecule has 0 fully saturated rings. The summed E-state index contributed by atoms with van der Waals surface area (Å²) in [6.45, 7) is 0.866. The number of carbonyl (C=O) groups is 1. The molecule has 2 N–H and O–H groups in total. The van der Waals surface area contributed by atoms with Crippen LogP contribution in [-0.4, -0.2) is 42.9 Å². The molecule has 19 aromatic rings. The Labute approximate surface area is 818 Å². The first-order valence-electron chi connectivity index (χ1n) is 41.9. The first-order valence-corrected chi connectivity index (χ1v) is 66.3. The summed E-state index contributed by atoms with van der Waals surface area (Å²) in [7, 11) is 20.6. The van der Waals surface area contributed by atoms with Crippen LogP contribution in [0.15, 0.2) is 381 Å². The molecule has 0 saturated carbocycles. The van der Waals surface area contributed by atoms with Crippen molar-refractivity contribution in [3.05, 3.63) is 418 Å². The van der Waals surface area contributed by atoms with Gasteiger partial charge < -0.3 is 51.7 Å². The lowest BCUT2D eigenvalue weighted by Gasteiger charge is -2.34. The number of ketones is 1. The number of para-hydroxylation sites is 11. The number of carbonyl (C=O) groups excluding carboxylic acids is 1. The molecule has 5 aromatic heterocycles. The molecule has 6 aliphatic rings. The summed E-state index contributed by atoms with van der Waals surface area (Å²) in [5, 5.41) is 23.2. The Hall–Kier alpha value is -9.30. The van der Waals surface area contributed by atoms with Gasteiger partial charge in [0.05, 0.1) is 38.0 Å². The van der Waals surface area contributed by atoms with E-state index in [0.717, 1.165) is 151 Å². The monoisotopic (exact) mass is 2110 g/mol. The molecule has 135 heavy (non-hydrogen) atoms. The van der Waals surface area contributed by atoms with Crippen LogP contribution >= 0.6 is 145 Å². The van der Waals surface area contributed by atoms with Gasteiger partial charge in [-0.1, -0.05) is 275 Å². The maximum Gasteiger partial charge on any atom is 0.529 e. The summed E-state index contributed by atoms with van der Waals surface area (Å²) in [5.41, 5.74) is 18.2. The highest BCUT2D eigenvalue weighted by Crippen LogP contribution is 3.18. The summed E-state index contributed by atoms with van der Waals surface area (Å²) < 4.78 is 53.8. The molecule has 14 aromatic carbocycles. The average molecular weight is 2110 g/mol. The molecule has 0 radical (unpaired) electrons. The van der Waals surface area contributed by atoms with Gasteiger partial charge in [0.2, 0.25) is 10.4 Å². The number of allylic oxidation sites excluding steroid dienone is 1. The number of rotatable bonds is 11. The molecule has 25 rings (SSSR count). The van der Waals surface area contributed by atoms with Crippen molar-refractivity contribution in [2.45, 2.75) is 5.41 Å². The first-order chi connectivity index (χ1) is 65.9. The van der Waals surface area contributed by atoms with Gasteiger partial charge in [-0.15, -0.1) is 62.5 Å². The van der Waals surface area contributed by atoms with E-state index in [0.29, 0.717) is 85.0 Å². The standard InChI is InChI=1S/C43H24N2O3.C27H16N2O.C16H9ClO3.C8H7BO4.C8H4BrClO.H15P13/c1-2-13-25(14-3-1)38-27-16-5-8-21-32(27)44-42(45-38)29-18-12-20-31-36(29)26-15-4-7-19-30(26)43(31)40-37(28-17-6-9-22-33(28)47-40)39-41(43)48-35-24-11-10-23-34(35)46-39;30-26-19-12-5-4-11-18(19)24-21(26)14-8-15-22(24)27-28-23-16-7-6-13-20(23)25(29-27)17-9-2-1-3-10-17;17-16-15(10-5-1-2-6-11(10)20-16)14-9-18-12-7-3-4-8-13(12)19-14;10-9(11)8-5-12-6-3-1-2-4-7(6)13-8;9-7-5-3-1-2-4-6(5)11-8(7)10;1-8-12(9(2)3)13(10(4)5)11(6)7/h1-24H;1-16H;1-9H;1-5,10-11H;1-4H;8H,1-7H2. The number of nitrogens with zero attached hydrogens (tertiary/aromatic N) is 4. The molecule has 1 spiro atoms. The van der Waals surface area contributed by atoms with Gasteiger partial charge in [-0.05, 0) is 175 Å². The molecular weight excluding hydrogens is 2040 g/mol. The third-order valence-corrected chi connectivity index (χ3v) is 97.7. The minimum atomic E-state index is -1.65. The Balaban J connectivity index is 0.000000111. The van der Waals surface area contributed by atoms with Crippen LogP contribution < -0.4 is 28.4 Å². The Morgan fingerprint density at radius 3 is 1.36 bits per heavy atom. The van der Waals surface area contributed by atoms with E-state index in [1.165, 1.54) is 6.26 Å². The number of hydrogen-bond acceptors (Lipinski definition) is 16. The summed E-state index contributed by atoms with van der Waals surface area (Å²) in [6.07, 6.45) is 2.72. The second kappa shape index (κ2) is 41.0. The third kappa shape index (κ3) is 18.3. The quantitative estimate of drug-likeness (QED) is 0.0913. The lowest BCUT2D eigenvalue weighted by molar-refractivity contribution is 0.104. The van der Waals surface area contributed by atoms with Crippen molar-refractivity contribution in [3.8, 4) is 102 Å². The molecule has 33 heteroatoms. The average Bonchev–Trinajstić information content (AvgIpc) is 1.49. The first kappa shape index (κ1) is 93.4. The second-order valence-corrected chi connectivity index (χ2v) is 79.7. The zero-order chi connectivity index (χ0) is 92.7. The summed E-state index contributed by atoms with van der Waals surface area (Å²) in [4.78, 5) is 33.3. The van der Waals surface area contributed by atoms with Gasteiger partial charge in [-0.2, -0.15) is 0 Å². The number of aromatic nitrogens is 4. The van der Waals surface area contributed by atoms with Crippen LogP contribution in [0.5, 0.6) is 34.5 Å². The molecule has 0 bridgehead atoms. The van der Waals surface area contributed by atoms with E-state index in [1.807, 2.05) is 224 Å². The lowest BCUT2D eigenvalue weighted by Crippen LogP contribution is -2.31. The zero-order valence-corrected chi connectivity index (χ0v) is 87.4. The van der Waals surface area contributed by atoms with E-state index in [-0.39, 0.29) is 46.4 Å². The van der Waals surface area contributed by atoms with E-state index in [2.05, 4.69) is 169 Å². The van der Waals surface area contributed by atoms with Gasteiger partial charge in [0.15, 0.2) is 74.9 Å². The highest BCUT2D eigenvalue weighted by atomic mass is 79.9. The molecule has 0 saturated heterocycles. The minimum absolute atomic E-state index is 0.0151. The fourth-order valence-corrected chi connectivity index (χ4v) is 145. The second-order valence-electron chi connectivity index (χ2n) is 30.8. The summed E-state index contributed by atoms with van der Waals surface area (Å²) >= 11 is 15.2. The Bertz CT molecular complexity index is 7930. The Morgan fingerprint density at radius 2 is 0.800 bits per heavy atom. The number of furan rings is 3. The van der Waals surface area contributed by atoms with Gasteiger partial charge in [0, 0.05) is 65.9 Å². The van der Waals surface area contributed by atoms with Gasteiger partial charge in [0.25, 0.3) is 0 Å². The van der Waals surface area contributed by atoms with Crippen molar-refractivity contribution < 1.29 is 56.5 Å². The molecule has 0 amide bonds. The van der Waals surface area contributed by atoms with Crippen molar-refractivity contribution >= 4 is 224 Å². The van der Waals surface area contributed by atoms with E-state index in [4.69, 9.17) is 94.9 Å². The van der Waals surface area contributed by atoms with Crippen LogP contribution in [-0.2, 0) is 5.41 Å². The number of benzene rings is 14. The van der Waals surface area contributed by atoms with Crippen molar-refractivity contribution in [1.29, 1.82) is 0 Å². The van der Waals surface area contributed by atoms with Gasteiger partial charge in [0.1, 0.15) is 40.4 Å². The van der Waals surface area contributed by atoms with Gasteiger partial charge >= 0.3 is 7.12 Å². The molecule has 3 aliphatic carbocycles. The SMILES string of the molecule is Clc1oc2ccccc2c1Br.Clc1oc2ccccc2c1C1=COc2ccccc2O1.O=C1c2ccccc2-c2c1cccc2-c1nc(-c2ccccc2)c2ccccc2n1.OB(O)C1=COc2ccccc2O1.PPP(P(P)P)P(P(P)P)P(P)P.c1ccc(-c2nc(-c3cccc4c3-c3ccccc3C43C4=C(Oc5ccccc5O4)c4c3oc3ccccc43)nc3ccccc23)cc1. The van der Waals surface area contributed by atoms with E-state index in [9.17, 15) is 4.79 Å². The van der Waals surface area contributed by atoms with E-state index >= 15 is 0 Å². The van der Waals surface area contributed by atoms with Crippen molar-refractivity contribution in [2.24, 2.45) is 0 Å². The smallest absolute Gasteiger partial charge is 0.458 e. The summed E-state index contributed by atoms with van der Waals surface area (Å²) in [6, 6.07) is 111. The van der Waals surface area contributed by atoms with E-state index < -0.39 is 12.5 Å². The fraction of sp³-hybridized carbons (Fsp3) is 0.00980. The molecule has 10 atom stereocenters. The predicted molar refractivity (Wildman–Crippen MR) is 589 cm³/mol. The zero-order valence-electron chi connectivity index (χ0n) is 70.7. The van der Waals surface area contributed by atoms with Crippen LogP contribution in [0.2, 0.25) is 10.4 Å². The van der Waals surface area contributed by atoms with Crippen LogP contribution in [0.25, 0.3) is 134 Å². The van der Waals surface area contributed by atoms with Crippen LogP contribution in [0.3, 0.4) is 0 Å². The van der Waals surface area contributed by atoms with E-state index in [1.54, 1.807) is 30.5 Å². The van der Waals surface area contributed by atoms with Crippen molar-refractivity contribution in [1.82, 2.24) is 19.9 Å². The molecular formula is C102H75BBrCl2N4O12P13. The van der Waals surface area contributed by atoms with Crippen LogP contribution in [0.1, 0.15) is 43.9 Å². The number of ether oxygens (including phenoxy) is 6. The predicted octanol–water partition coefficient (Wildman–Crippen LogP) is 32.5. The van der Waals surface area contributed by atoms with Crippen LogP contribution in [0, 0.1) is 0 Å². The lowest BCUT2D eigenvalue weighted by atomic mass is 9.76. The highest BCUT2D eigenvalue weighted by molar-refractivity contribution is 9.24. The highest BCUT2D eigenvalue weighted by Gasteiger charge is 2.61. The van der Waals surface area contributed by atoms with Crippen LogP contribution in [0.4, 0.5) is 0 Å². The fourth-order valence-electron chi connectivity index (χ4n) is 17.0.